The Morgan fingerprint density at radius 2 is 1.74 bits per heavy atom. The number of nitriles is 1. The maximum absolute atomic E-state index is 13.4. The van der Waals surface area contributed by atoms with E-state index in [9.17, 15) is 24.8 Å². The molecule has 4 rings (SSSR count). The van der Waals surface area contributed by atoms with Crippen molar-refractivity contribution in [2.45, 2.75) is 25.6 Å². The maximum Gasteiger partial charge on any atom is 0.344 e. The molecule has 0 aromatic heterocycles. The predicted octanol–water partition coefficient (Wildman–Crippen LogP) is 4.96. The van der Waals surface area contributed by atoms with Crippen LogP contribution in [-0.4, -0.2) is 40.5 Å². The van der Waals surface area contributed by atoms with Gasteiger partial charge in [0.1, 0.15) is 30.0 Å². The summed E-state index contributed by atoms with van der Waals surface area (Å²) < 4.78 is 12.5. The summed E-state index contributed by atoms with van der Waals surface area (Å²) in [5.41, 5.74) is 2.84. The number of nitrogens with zero attached hydrogens (tertiary/aromatic N) is 2. The molecule has 0 bridgehead atoms. The molecule has 1 amide bonds. The van der Waals surface area contributed by atoms with Gasteiger partial charge in [-0.25, -0.2) is 9.59 Å². The molecule has 3 aromatic rings. The first kappa shape index (κ1) is 28.6. The van der Waals surface area contributed by atoms with Crippen molar-refractivity contribution in [2.75, 3.05) is 6.61 Å². The zero-order valence-corrected chi connectivity index (χ0v) is 24.8. The molecule has 0 spiro atoms. The van der Waals surface area contributed by atoms with E-state index in [0.717, 1.165) is 11.1 Å². The monoisotopic (exact) mass is 748 g/mol. The number of carbonyl (C=O) groups is 3. The van der Waals surface area contributed by atoms with Gasteiger partial charge in [-0.3, -0.25) is 4.79 Å². The third-order valence-corrected chi connectivity index (χ3v) is 8.01. The Balaban J connectivity index is 1.55. The van der Waals surface area contributed by atoms with Crippen LogP contribution in [0.4, 0.5) is 0 Å². The SMILES string of the molecule is N#C/C(=C/c1ccccc1)C(=O)N1Cc2c(cc(I)c(OCC(=O)OCc3ccccc3)c2I)C[C@H]1C(=O)O. The summed E-state index contributed by atoms with van der Waals surface area (Å²) in [5.74, 6) is -1.90. The highest BCUT2D eigenvalue weighted by Crippen LogP contribution is 2.37. The molecule has 0 aliphatic carbocycles. The van der Waals surface area contributed by atoms with Crippen molar-refractivity contribution in [3.05, 3.63) is 102 Å². The largest absolute Gasteiger partial charge is 0.480 e. The van der Waals surface area contributed by atoms with Crippen LogP contribution in [0.15, 0.2) is 72.3 Å². The van der Waals surface area contributed by atoms with E-state index in [4.69, 9.17) is 9.47 Å². The first-order valence-corrected chi connectivity index (χ1v) is 14.0. The molecular formula is C29H22I2N2O6. The number of amides is 1. The second kappa shape index (κ2) is 13.1. The number of fused-ring (bicyclic) bond motifs is 1. The van der Waals surface area contributed by atoms with Crippen molar-refractivity contribution in [3.63, 3.8) is 0 Å². The molecule has 198 valence electrons. The van der Waals surface area contributed by atoms with E-state index in [1.165, 1.54) is 11.0 Å². The first-order chi connectivity index (χ1) is 18.8. The smallest absolute Gasteiger partial charge is 0.344 e. The van der Waals surface area contributed by atoms with E-state index >= 15 is 0 Å². The minimum Gasteiger partial charge on any atom is -0.480 e. The van der Waals surface area contributed by atoms with Gasteiger partial charge in [0, 0.05) is 13.0 Å². The van der Waals surface area contributed by atoms with Crippen LogP contribution in [0.1, 0.15) is 22.3 Å². The maximum atomic E-state index is 13.4. The Morgan fingerprint density at radius 1 is 1.08 bits per heavy atom. The molecule has 3 aromatic carbocycles. The quantitative estimate of drug-likeness (QED) is 0.150. The molecule has 10 heteroatoms. The zero-order valence-electron chi connectivity index (χ0n) is 20.5. The molecule has 0 saturated carbocycles. The van der Waals surface area contributed by atoms with Crippen LogP contribution < -0.4 is 4.74 Å². The van der Waals surface area contributed by atoms with Crippen molar-refractivity contribution in [3.8, 4) is 11.8 Å². The van der Waals surface area contributed by atoms with Gasteiger partial charge in [-0.05, 0) is 79.6 Å². The molecular weight excluding hydrogens is 726 g/mol. The molecule has 1 heterocycles. The molecule has 0 fully saturated rings. The van der Waals surface area contributed by atoms with E-state index in [1.54, 1.807) is 24.3 Å². The van der Waals surface area contributed by atoms with Gasteiger partial charge in [0.2, 0.25) is 0 Å². The van der Waals surface area contributed by atoms with Crippen molar-refractivity contribution in [1.82, 2.24) is 4.90 Å². The number of hydrogen-bond donors (Lipinski definition) is 1. The van der Waals surface area contributed by atoms with Crippen LogP contribution in [0, 0.1) is 18.5 Å². The van der Waals surface area contributed by atoms with Crippen molar-refractivity contribution in [2.24, 2.45) is 0 Å². The summed E-state index contributed by atoms with van der Waals surface area (Å²) in [5, 5.41) is 19.6. The Kier molecular flexibility index (Phi) is 9.58. The predicted molar refractivity (Wildman–Crippen MR) is 159 cm³/mol. The number of carboxylic acid groups (broad SMARTS) is 1. The van der Waals surface area contributed by atoms with Crippen LogP contribution in [0.5, 0.6) is 5.75 Å². The fraction of sp³-hybridized carbons (Fsp3) is 0.172. The topological polar surface area (TPSA) is 117 Å². The Bertz CT molecular complexity index is 1470. The van der Waals surface area contributed by atoms with Crippen molar-refractivity contribution < 1.29 is 29.0 Å². The van der Waals surface area contributed by atoms with E-state index in [-0.39, 0.29) is 31.8 Å². The third kappa shape index (κ3) is 6.96. The highest BCUT2D eigenvalue weighted by molar-refractivity contribution is 14.1. The summed E-state index contributed by atoms with van der Waals surface area (Å²) >= 11 is 4.16. The molecule has 39 heavy (non-hydrogen) atoms. The highest BCUT2D eigenvalue weighted by Gasteiger charge is 2.37. The van der Waals surface area contributed by atoms with E-state index in [0.29, 0.717) is 24.0 Å². The lowest BCUT2D eigenvalue weighted by atomic mass is 9.93. The van der Waals surface area contributed by atoms with Crippen LogP contribution >= 0.6 is 45.2 Å². The van der Waals surface area contributed by atoms with Crippen LogP contribution in [0.25, 0.3) is 6.08 Å². The van der Waals surface area contributed by atoms with Gasteiger partial charge >= 0.3 is 11.9 Å². The van der Waals surface area contributed by atoms with Crippen LogP contribution in [0.2, 0.25) is 0 Å². The van der Waals surface area contributed by atoms with Gasteiger partial charge in [-0.1, -0.05) is 60.7 Å². The van der Waals surface area contributed by atoms with Gasteiger partial charge in [0.05, 0.1) is 7.14 Å². The van der Waals surface area contributed by atoms with Gasteiger partial charge in [-0.15, -0.1) is 0 Å². The molecule has 8 nitrogen and oxygen atoms in total. The number of aliphatic carboxylic acids is 1. The minimum atomic E-state index is -1.16. The second-order valence-corrected chi connectivity index (χ2v) is 10.9. The molecule has 1 aliphatic rings. The molecule has 1 aliphatic heterocycles. The van der Waals surface area contributed by atoms with Gasteiger partial charge < -0.3 is 19.5 Å². The van der Waals surface area contributed by atoms with Crippen LogP contribution in [-0.2, 0) is 38.7 Å². The average molecular weight is 748 g/mol. The normalized spacial score (nSPS) is 14.6. The van der Waals surface area contributed by atoms with E-state index in [2.05, 4.69) is 45.2 Å². The van der Waals surface area contributed by atoms with Gasteiger partial charge in [0.15, 0.2) is 6.61 Å². The summed E-state index contributed by atoms with van der Waals surface area (Å²) in [6.45, 7) is -0.202. The van der Waals surface area contributed by atoms with Crippen LogP contribution in [0.3, 0.4) is 0 Å². The second-order valence-electron chi connectivity index (χ2n) is 8.65. The number of carbonyl (C=O) groups excluding carboxylic acids is 2. The Morgan fingerprint density at radius 3 is 2.38 bits per heavy atom. The van der Waals surface area contributed by atoms with Crippen molar-refractivity contribution in [1.29, 1.82) is 5.26 Å². The molecule has 0 saturated heterocycles. The number of hydrogen-bond acceptors (Lipinski definition) is 6. The lowest BCUT2D eigenvalue weighted by Gasteiger charge is -2.35. The molecule has 1 atom stereocenters. The Labute approximate surface area is 252 Å². The Hall–Kier alpha value is -3.44. The molecule has 0 unspecified atom stereocenters. The third-order valence-electron chi connectivity index (χ3n) is 6.07. The number of carboxylic acids is 1. The number of ether oxygens (including phenoxy) is 2. The summed E-state index contributed by atoms with van der Waals surface area (Å²) in [4.78, 5) is 39.1. The average Bonchev–Trinajstić information content (AvgIpc) is 2.94. The van der Waals surface area contributed by atoms with E-state index in [1.807, 2.05) is 48.5 Å². The molecule has 0 radical (unpaired) electrons. The van der Waals surface area contributed by atoms with E-state index < -0.39 is 23.9 Å². The molecule has 1 N–H and O–H groups in total. The summed E-state index contributed by atoms with van der Waals surface area (Å²) in [6.07, 6.45) is 1.52. The lowest BCUT2D eigenvalue weighted by Crippen LogP contribution is -2.49. The zero-order chi connectivity index (χ0) is 27.9. The standard InChI is InChI=1S/C29H22I2N2O6/c30-23-12-20-13-24(29(36)37)33(28(35)21(14-32)11-18-7-3-1-4-8-18)15-22(20)26(31)27(23)39-17-25(34)38-16-19-9-5-2-6-10-19/h1-12,24H,13,15-17H2,(H,36,37)/b21-11-/t24-/m0/s1. The highest BCUT2D eigenvalue weighted by atomic mass is 127. The number of benzene rings is 3. The lowest BCUT2D eigenvalue weighted by molar-refractivity contribution is -0.149. The summed E-state index contributed by atoms with van der Waals surface area (Å²) in [6, 6.07) is 20.8. The minimum absolute atomic E-state index is 0.0249. The fourth-order valence-electron chi connectivity index (χ4n) is 4.13. The van der Waals surface area contributed by atoms with Gasteiger partial charge in [0.25, 0.3) is 5.91 Å². The van der Waals surface area contributed by atoms with Crippen molar-refractivity contribution >= 4 is 69.1 Å². The number of esters is 1. The number of rotatable bonds is 8. The first-order valence-electron chi connectivity index (χ1n) is 11.8. The fourth-order valence-corrected chi connectivity index (χ4v) is 6.41. The van der Waals surface area contributed by atoms with Gasteiger partial charge in [-0.2, -0.15) is 5.26 Å². The summed E-state index contributed by atoms with van der Waals surface area (Å²) in [7, 11) is 0. The number of halogens is 2.